The van der Waals surface area contributed by atoms with Crippen LogP contribution in [-0.4, -0.2) is 11.1 Å². The summed E-state index contributed by atoms with van der Waals surface area (Å²) in [6.07, 6.45) is 7.90. The molecule has 112 valence electrons. The number of hydrogen-bond donors (Lipinski definition) is 1. The number of carbonyl (C=O) groups is 1. The first-order valence-corrected chi connectivity index (χ1v) is 8.41. The van der Waals surface area contributed by atoms with Gasteiger partial charge in [0.1, 0.15) is 0 Å². The third-order valence-electron chi connectivity index (χ3n) is 6.62. The molecule has 4 saturated carbocycles. The molecule has 0 spiro atoms. The van der Waals surface area contributed by atoms with E-state index in [1.165, 1.54) is 37.7 Å². The number of hydrogen-bond acceptors (Lipinski definition) is 1. The molecule has 0 atom stereocenters. The minimum atomic E-state index is -0.599. The number of carboxylic acids is 1. The van der Waals surface area contributed by atoms with Crippen LogP contribution in [0.1, 0.15) is 44.1 Å². The topological polar surface area (TPSA) is 37.3 Å². The molecule has 0 radical (unpaired) electrons. The van der Waals surface area contributed by atoms with Crippen LogP contribution in [0.3, 0.4) is 0 Å². The van der Waals surface area contributed by atoms with Crippen molar-refractivity contribution in [2.75, 3.05) is 0 Å². The van der Waals surface area contributed by atoms with E-state index in [-0.39, 0.29) is 5.41 Å². The second kappa shape index (κ2) is 4.86. The second-order valence-corrected chi connectivity index (χ2v) is 7.77. The fourth-order valence-electron chi connectivity index (χ4n) is 6.02. The number of carboxylic acid groups (broad SMARTS) is 1. The van der Waals surface area contributed by atoms with Gasteiger partial charge in [0.05, 0.1) is 6.42 Å². The molecule has 0 amide bonds. The molecule has 0 saturated heterocycles. The van der Waals surface area contributed by atoms with Crippen molar-refractivity contribution in [3.8, 4) is 0 Å². The minimum Gasteiger partial charge on any atom is -0.481 e. The van der Waals surface area contributed by atoms with Crippen molar-refractivity contribution in [2.24, 2.45) is 29.1 Å². The van der Waals surface area contributed by atoms with Gasteiger partial charge in [-0.3, -0.25) is 4.79 Å². The van der Waals surface area contributed by atoms with Crippen LogP contribution in [0.5, 0.6) is 0 Å². The third-order valence-corrected chi connectivity index (χ3v) is 6.62. The summed E-state index contributed by atoms with van der Waals surface area (Å²) in [5.41, 5.74) is 1.35. The number of rotatable bonds is 4. The van der Waals surface area contributed by atoms with E-state index in [2.05, 4.69) is 24.3 Å². The third kappa shape index (κ3) is 2.20. The van der Waals surface area contributed by atoms with Gasteiger partial charge in [-0.1, -0.05) is 30.3 Å². The van der Waals surface area contributed by atoms with Crippen LogP contribution in [0, 0.1) is 29.1 Å². The fourth-order valence-corrected chi connectivity index (χ4v) is 6.02. The maximum absolute atomic E-state index is 11.6. The van der Waals surface area contributed by atoms with E-state index < -0.39 is 5.97 Å². The van der Waals surface area contributed by atoms with Crippen molar-refractivity contribution in [2.45, 2.75) is 44.9 Å². The van der Waals surface area contributed by atoms with Gasteiger partial charge in [-0.15, -0.1) is 0 Å². The molecular formula is C19H24O2. The highest BCUT2D eigenvalue weighted by Crippen LogP contribution is 2.64. The zero-order valence-corrected chi connectivity index (χ0v) is 12.5. The van der Waals surface area contributed by atoms with Crippen molar-refractivity contribution in [3.05, 3.63) is 35.9 Å². The quantitative estimate of drug-likeness (QED) is 0.902. The lowest BCUT2D eigenvalue weighted by atomic mass is 9.43. The molecular weight excluding hydrogens is 260 g/mol. The Bertz CT molecular complexity index is 506. The van der Waals surface area contributed by atoms with Crippen LogP contribution in [0.4, 0.5) is 0 Å². The lowest BCUT2D eigenvalue weighted by molar-refractivity contribution is -0.154. The average molecular weight is 284 g/mol. The average Bonchev–Trinajstić information content (AvgIpc) is 2.44. The molecule has 0 aliphatic heterocycles. The van der Waals surface area contributed by atoms with E-state index in [1.54, 1.807) is 0 Å². The smallest absolute Gasteiger partial charge is 0.303 e. The van der Waals surface area contributed by atoms with E-state index in [0.717, 1.165) is 18.3 Å². The highest BCUT2D eigenvalue weighted by atomic mass is 16.4. The Morgan fingerprint density at radius 1 is 1.00 bits per heavy atom. The van der Waals surface area contributed by atoms with Crippen molar-refractivity contribution in [1.29, 1.82) is 0 Å². The molecule has 2 heteroatoms. The summed E-state index contributed by atoms with van der Waals surface area (Å²) in [5.74, 6) is 2.48. The van der Waals surface area contributed by atoms with Gasteiger partial charge >= 0.3 is 5.97 Å². The van der Waals surface area contributed by atoms with Crippen LogP contribution in [0.15, 0.2) is 30.3 Å². The van der Waals surface area contributed by atoms with Crippen LogP contribution in [0.2, 0.25) is 0 Å². The first-order chi connectivity index (χ1) is 10.2. The van der Waals surface area contributed by atoms with Gasteiger partial charge in [-0.05, 0) is 73.2 Å². The Kier molecular flexibility index (Phi) is 3.09. The predicted molar refractivity (Wildman–Crippen MR) is 81.9 cm³/mol. The Hall–Kier alpha value is -1.31. The van der Waals surface area contributed by atoms with Gasteiger partial charge < -0.3 is 5.11 Å². The molecule has 0 heterocycles. The highest BCUT2D eigenvalue weighted by Gasteiger charge is 2.57. The second-order valence-electron chi connectivity index (χ2n) is 7.77. The van der Waals surface area contributed by atoms with Gasteiger partial charge in [-0.2, -0.15) is 0 Å². The lowest BCUT2D eigenvalue weighted by Gasteiger charge is -2.61. The summed E-state index contributed by atoms with van der Waals surface area (Å²) in [6, 6.07) is 10.6. The van der Waals surface area contributed by atoms with E-state index >= 15 is 0 Å². The van der Waals surface area contributed by atoms with Crippen molar-refractivity contribution in [1.82, 2.24) is 0 Å². The van der Waals surface area contributed by atoms with E-state index in [4.69, 9.17) is 0 Å². The van der Waals surface area contributed by atoms with Gasteiger partial charge in [0.25, 0.3) is 0 Å². The minimum absolute atomic E-state index is 0.0284. The largest absolute Gasteiger partial charge is 0.481 e. The molecule has 4 aliphatic carbocycles. The summed E-state index contributed by atoms with van der Waals surface area (Å²) in [6.45, 7) is 0. The monoisotopic (exact) mass is 284 g/mol. The summed E-state index contributed by atoms with van der Waals surface area (Å²) in [5, 5.41) is 9.54. The van der Waals surface area contributed by atoms with Crippen LogP contribution < -0.4 is 0 Å². The first-order valence-electron chi connectivity index (χ1n) is 8.41. The Morgan fingerprint density at radius 2 is 1.57 bits per heavy atom. The van der Waals surface area contributed by atoms with Crippen LogP contribution in [0.25, 0.3) is 0 Å². The molecule has 4 aliphatic rings. The van der Waals surface area contributed by atoms with Crippen molar-refractivity contribution in [3.63, 3.8) is 0 Å². The molecule has 0 unspecified atom stereocenters. The molecule has 1 aromatic rings. The molecule has 2 nitrogen and oxygen atoms in total. The molecule has 1 aromatic carbocycles. The molecule has 21 heavy (non-hydrogen) atoms. The summed E-state index contributed by atoms with van der Waals surface area (Å²) >= 11 is 0. The maximum atomic E-state index is 11.6. The van der Waals surface area contributed by atoms with Gasteiger partial charge in [-0.25, -0.2) is 0 Å². The summed E-state index contributed by atoms with van der Waals surface area (Å²) in [7, 11) is 0. The lowest BCUT2D eigenvalue weighted by Crippen LogP contribution is -2.54. The van der Waals surface area contributed by atoms with Crippen molar-refractivity contribution >= 4 is 5.97 Å². The number of benzene rings is 1. The molecule has 4 fully saturated rings. The maximum Gasteiger partial charge on any atom is 0.303 e. The fraction of sp³-hybridized carbons (Fsp3) is 0.632. The molecule has 1 N–H and O–H groups in total. The zero-order chi connectivity index (χ0) is 14.4. The predicted octanol–water partition coefficient (Wildman–Crippen LogP) is 4.15. The molecule has 5 rings (SSSR count). The van der Waals surface area contributed by atoms with E-state index in [1.807, 2.05) is 6.07 Å². The zero-order valence-electron chi connectivity index (χ0n) is 12.5. The van der Waals surface area contributed by atoms with Gasteiger partial charge in [0.15, 0.2) is 0 Å². The normalized spacial score (nSPS) is 40.4. The van der Waals surface area contributed by atoms with Gasteiger partial charge in [0, 0.05) is 0 Å². The summed E-state index contributed by atoms with van der Waals surface area (Å²) < 4.78 is 0. The SMILES string of the molecule is O=C(O)CC1(Cc2ccccc2)C2CC3CC(C2)CC1C3. The first kappa shape index (κ1) is 13.4. The molecule has 4 bridgehead atoms. The number of aliphatic carboxylic acids is 1. The van der Waals surface area contributed by atoms with E-state index in [0.29, 0.717) is 18.3 Å². The highest BCUT2D eigenvalue weighted by molar-refractivity contribution is 5.68. The Labute approximate surface area is 126 Å². The van der Waals surface area contributed by atoms with Crippen LogP contribution in [-0.2, 0) is 11.2 Å². The van der Waals surface area contributed by atoms with Crippen molar-refractivity contribution < 1.29 is 9.90 Å². The van der Waals surface area contributed by atoms with Gasteiger partial charge in [0.2, 0.25) is 0 Å². The summed E-state index contributed by atoms with van der Waals surface area (Å²) in [4.78, 5) is 11.6. The van der Waals surface area contributed by atoms with Crippen LogP contribution >= 0.6 is 0 Å². The molecule has 0 aromatic heterocycles. The standard InChI is InChI=1S/C19H24O2/c20-18(21)12-19(11-13-4-2-1-3-5-13)16-7-14-6-15(9-16)10-17(19)8-14/h1-5,14-17H,6-12H2,(H,20,21). The Morgan fingerprint density at radius 3 is 2.10 bits per heavy atom. The Balaban J connectivity index is 1.69. The van der Waals surface area contributed by atoms with E-state index in [9.17, 15) is 9.90 Å².